The van der Waals surface area contributed by atoms with Crippen LogP contribution in [0.4, 0.5) is 19.1 Å². The Morgan fingerprint density at radius 1 is 1.17 bits per heavy atom. The number of nitrogens with zero attached hydrogens (tertiary/aromatic N) is 4. The van der Waals surface area contributed by atoms with E-state index in [1.807, 2.05) is 4.90 Å². The number of carbonyl (C=O) groups excluding carboxylic acids is 1. The Labute approximate surface area is 137 Å². The number of rotatable bonds is 2. The number of morpholine rings is 1. The number of halogens is 3. The van der Waals surface area contributed by atoms with Gasteiger partial charge in [0.25, 0.3) is 0 Å². The summed E-state index contributed by atoms with van der Waals surface area (Å²) < 4.78 is 43.5. The Balaban J connectivity index is 1.60. The summed E-state index contributed by atoms with van der Waals surface area (Å²) in [5.41, 5.74) is -0.945. The summed E-state index contributed by atoms with van der Waals surface area (Å²) in [6.45, 7) is 3.28. The van der Waals surface area contributed by atoms with Crippen LogP contribution >= 0.6 is 0 Å². The summed E-state index contributed by atoms with van der Waals surface area (Å²) in [6, 6.07) is 0.859. The number of aromatic nitrogens is 2. The monoisotopic (exact) mass is 344 g/mol. The lowest BCUT2D eigenvalue weighted by atomic mass is 9.95. The topological polar surface area (TPSA) is 58.6 Å². The van der Waals surface area contributed by atoms with Crippen LogP contribution in [0.15, 0.2) is 12.3 Å². The van der Waals surface area contributed by atoms with E-state index >= 15 is 0 Å². The number of amides is 1. The SMILES string of the molecule is O=C(C1CCN(c2nccc(C(F)(F)F)n2)CC1)N1CCOCC1. The van der Waals surface area contributed by atoms with Gasteiger partial charge in [0.15, 0.2) is 0 Å². The third-order valence-corrected chi connectivity index (χ3v) is 4.38. The molecule has 6 nitrogen and oxygen atoms in total. The van der Waals surface area contributed by atoms with Gasteiger partial charge in [-0.1, -0.05) is 0 Å². The van der Waals surface area contributed by atoms with E-state index in [1.54, 1.807) is 4.90 Å². The molecular weight excluding hydrogens is 325 g/mol. The zero-order valence-electron chi connectivity index (χ0n) is 13.1. The average molecular weight is 344 g/mol. The first-order valence-corrected chi connectivity index (χ1v) is 7.97. The zero-order valence-corrected chi connectivity index (χ0v) is 13.1. The fraction of sp³-hybridized carbons (Fsp3) is 0.667. The highest BCUT2D eigenvalue weighted by Gasteiger charge is 2.34. The van der Waals surface area contributed by atoms with Gasteiger partial charge in [0.2, 0.25) is 11.9 Å². The number of anilines is 1. The minimum absolute atomic E-state index is 0.0714. The summed E-state index contributed by atoms with van der Waals surface area (Å²) >= 11 is 0. The van der Waals surface area contributed by atoms with Crippen LogP contribution in [-0.4, -0.2) is 60.2 Å². The van der Waals surface area contributed by atoms with Gasteiger partial charge in [-0.3, -0.25) is 4.79 Å². The molecule has 1 amide bonds. The van der Waals surface area contributed by atoms with Crippen molar-refractivity contribution >= 4 is 11.9 Å². The summed E-state index contributed by atoms with van der Waals surface area (Å²) in [6.07, 6.45) is -2.18. The first kappa shape index (κ1) is 16.9. The van der Waals surface area contributed by atoms with Gasteiger partial charge in [-0.05, 0) is 18.9 Å². The summed E-state index contributed by atoms with van der Waals surface area (Å²) in [5, 5.41) is 0. The Hall–Kier alpha value is -1.90. The van der Waals surface area contributed by atoms with E-state index in [1.165, 1.54) is 0 Å². The lowest BCUT2D eigenvalue weighted by molar-refractivity contribution is -0.141. The third kappa shape index (κ3) is 3.77. The van der Waals surface area contributed by atoms with Crippen LogP contribution in [0.5, 0.6) is 0 Å². The molecule has 0 bridgehead atoms. The zero-order chi connectivity index (χ0) is 17.2. The number of ether oxygens (including phenoxy) is 1. The fourth-order valence-electron chi connectivity index (χ4n) is 3.03. The minimum atomic E-state index is -4.48. The molecule has 2 aliphatic heterocycles. The quantitative estimate of drug-likeness (QED) is 0.815. The van der Waals surface area contributed by atoms with Gasteiger partial charge >= 0.3 is 6.18 Å². The van der Waals surface area contributed by atoms with Crippen LogP contribution < -0.4 is 4.90 Å². The molecule has 3 heterocycles. The molecular formula is C15H19F3N4O2. The maximum atomic E-state index is 12.7. The standard InChI is InChI=1S/C15H19F3N4O2/c16-15(17,18)12-1-4-19-14(20-12)22-5-2-11(3-6-22)13(23)21-7-9-24-10-8-21/h1,4,11H,2-3,5-10H2. The number of piperidine rings is 1. The molecule has 2 fully saturated rings. The molecule has 0 aliphatic carbocycles. The third-order valence-electron chi connectivity index (χ3n) is 4.38. The predicted octanol–water partition coefficient (Wildman–Crippen LogP) is 1.57. The highest BCUT2D eigenvalue weighted by Crippen LogP contribution is 2.29. The van der Waals surface area contributed by atoms with Crippen LogP contribution in [0, 0.1) is 5.92 Å². The molecule has 0 unspecified atom stereocenters. The Morgan fingerprint density at radius 2 is 1.83 bits per heavy atom. The van der Waals surface area contributed by atoms with Crippen molar-refractivity contribution in [1.29, 1.82) is 0 Å². The van der Waals surface area contributed by atoms with Gasteiger partial charge in [-0.15, -0.1) is 0 Å². The van der Waals surface area contributed by atoms with E-state index in [4.69, 9.17) is 4.74 Å². The van der Waals surface area contributed by atoms with E-state index in [9.17, 15) is 18.0 Å². The number of alkyl halides is 3. The number of hydrogen-bond donors (Lipinski definition) is 0. The van der Waals surface area contributed by atoms with E-state index in [-0.39, 0.29) is 17.8 Å². The van der Waals surface area contributed by atoms with Crippen molar-refractivity contribution in [3.63, 3.8) is 0 Å². The van der Waals surface area contributed by atoms with Crippen molar-refractivity contribution in [1.82, 2.24) is 14.9 Å². The van der Waals surface area contributed by atoms with Gasteiger partial charge in [-0.2, -0.15) is 13.2 Å². The molecule has 24 heavy (non-hydrogen) atoms. The minimum Gasteiger partial charge on any atom is -0.378 e. The second-order valence-corrected chi connectivity index (χ2v) is 5.94. The van der Waals surface area contributed by atoms with Crippen molar-refractivity contribution in [2.24, 2.45) is 5.92 Å². The maximum absolute atomic E-state index is 12.7. The average Bonchev–Trinajstić information content (AvgIpc) is 2.61. The highest BCUT2D eigenvalue weighted by molar-refractivity contribution is 5.79. The molecule has 1 aromatic rings. The second kappa shape index (κ2) is 6.92. The van der Waals surface area contributed by atoms with Crippen LogP contribution in [0.25, 0.3) is 0 Å². The smallest absolute Gasteiger partial charge is 0.378 e. The first-order chi connectivity index (χ1) is 11.4. The molecule has 132 valence electrons. The molecule has 9 heteroatoms. The summed E-state index contributed by atoms with van der Waals surface area (Å²) in [5.74, 6) is 0.0927. The second-order valence-electron chi connectivity index (χ2n) is 5.94. The molecule has 1 aromatic heterocycles. The van der Waals surface area contributed by atoms with Crippen molar-refractivity contribution in [2.45, 2.75) is 19.0 Å². The van der Waals surface area contributed by atoms with Crippen molar-refractivity contribution in [3.05, 3.63) is 18.0 Å². The van der Waals surface area contributed by atoms with Gasteiger partial charge in [0, 0.05) is 38.3 Å². The Morgan fingerprint density at radius 3 is 2.46 bits per heavy atom. The molecule has 2 aliphatic rings. The van der Waals surface area contributed by atoms with E-state index in [2.05, 4.69) is 9.97 Å². The summed E-state index contributed by atoms with van der Waals surface area (Å²) in [4.78, 5) is 23.5. The van der Waals surface area contributed by atoms with Crippen LogP contribution in [-0.2, 0) is 15.7 Å². The van der Waals surface area contributed by atoms with Crippen LogP contribution in [0.2, 0.25) is 0 Å². The van der Waals surface area contributed by atoms with Gasteiger partial charge in [0.1, 0.15) is 5.69 Å². The highest BCUT2D eigenvalue weighted by atomic mass is 19.4. The van der Waals surface area contributed by atoms with Crippen molar-refractivity contribution in [2.75, 3.05) is 44.3 Å². The lowest BCUT2D eigenvalue weighted by Gasteiger charge is -2.35. The number of carbonyl (C=O) groups is 1. The Kier molecular flexibility index (Phi) is 4.88. The lowest BCUT2D eigenvalue weighted by Crippen LogP contribution is -2.47. The molecule has 0 N–H and O–H groups in total. The van der Waals surface area contributed by atoms with Crippen LogP contribution in [0.1, 0.15) is 18.5 Å². The largest absolute Gasteiger partial charge is 0.433 e. The van der Waals surface area contributed by atoms with E-state index < -0.39 is 11.9 Å². The van der Waals surface area contributed by atoms with Gasteiger partial charge in [0.05, 0.1) is 13.2 Å². The molecule has 0 atom stereocenters. The first-order valence-electron chi connectivity index (χ1n) is 7.97. The molecule has 0 saturated carbocycles. The molecule has 0 radical (unpaired) electrons. The normalized spacial score (nSPS) is 20.3. The molecule has 0 spiro atoms. The molecule has 3 rings (SSSR count). The summed E-state index contributed by atoms with van der Waals surface area (Å²) in [7, 11) is 0. The van der Waals surface area contributed by atoms with Crippen molar-refractivity contribution < 1.29 is 22.7 Å². The molecule has 0 aromatic carbocycles. The van der Waals surface area contributed by atoms with Crippen LogP contribution in [0.3, 0.4) is 0 Å². The fourth-order valence-corrected chi connectivity index (χ4v) is 3.03. The molecule has 2 saturated heterocycles. The van der Waals surface area contributed by atoms with Gasteiger partial charge in [-0.25, -0.2) is 9.97 Å². The number of hydrogen-bond acceptors (Lipinski definition) is 5. The van der Waals surface area contributed by atoms with Crippen molar-refractivity contribution in [3.8, 4) is 0 Å². The van der Waals surface area contributed by atoms with E-state index in [0.29, 0.717) is 52.2 Å². The predicted molar refractivity (Wildman–Crippen MR) is 79.4 cm³/mol. The maximum Gasteiger partial charge on any atom is 0.433 e. The Bertz CT molecular complexity index is 582. The van der Waals surface area contributed by atoms with Gasteiger partial charge < -0.3 is 14.5 Å². The van der Waals surface area contributed by atoms with E-state index in [0.717, 1.165) is 12.3 Å².